The van der Waals surface area contributed by atoms with Gasteiger partial charge in [0, 0.05) is 37.6 Å². The van der Waals surface area contributed by atoms with Crippen LogP contribution >= 0.6 is 11.3 Å². The van der Waals surface area contributed by atoms with Crippen LogP contribution in [0.3, 0.4) is 0 Å². The molecule has 3 rings (SSSR count). The van der Waals surface area contributed by atoms with Crippen molar-refractivity contribution in [3.63, 3.8) is 0 Å². The number of carbonyl (C=O) groups is 1. The van der Waals surface area contributed by atoms with E-state index >= 15 is 0 Å². The Bertz CT molecular complexity index is 917. The van der Waals surface area contributed by atoms with Gasteiger partial charge in [-0.25, -0.2) is 8.42 Å². The number of rotatable bonds is 8. The number of thiophene rings is 1. The van der Waals surface area contributed by atoms with Gasteiger partial charge in [0.05, 0.1) is 4.90 Å². The van der Waals surface area contributed by atoms with Crippen molar-refractivity contribution in [2.45, 2.75) is 44.7 Å². The Morgan fingerprint density at radius 3 is 2.33 bits per heavy atom. The first-order chi connectivity index (χ1) is 14.2. The molecule has 2 aromatic rings. The molecule has 0 aliphatic carbocycles. The highest BCUT2D eigenvalue weighted by Crippen LogP contribution is 2.17. The first-order valence-corrected chi connectivity index (χ1v) is 12.7. The van der Waals surface area contributed by atoms with Crippen molar-refractivity contribution in [3.8, 4) is 0 Å². The summed E-state index contributed by atoms with van der Waals surface area (Å²) in [5, 5.41) is 2.08. The molecule has 0 bridgehead atoms. The maximum Gasteiger partial charge on any atom is 0.241 e. The number of aryl methyl sites for hydroxylation is 1. The van der Waals surface area contributed by atoms with Gasteiger partial charge in [-0.1, -0.05) is 37.6 Å². The number of sulfonamides is 1. The van der Waals surface area contributed by atoms with Crippen LogP contribution in [0.2, 0.25) is 0 Å². The Labute approximate surface area is 183 Å². The molecule has 0 spiro atoms. The number of hydrogen-bond acceptors (Lipinski definition) is 5. The van der Waals surface area contributed by atoms with Crippen molar-refractivity contribution in [3.05, 3.63) is 52.2 Å². The Hall–Kier alpha value is -1.74. The number of nitrogens with one attached hydrogen (secondary N) is 1. The largest absolute Gasteiger partial charge is 0.339 e. The monoisotopic (exact) mass is 449 g/mol. The van der Waals surface area contributed by atoms with Crippen LogP contribution in [-0.4, -0.2) is 56.3 Å². The molecular weight excluding hydrogens is 418 g/mol. The summed E-state index contributed by atoms with van der Waals surface area (Å²) in [7, 11) is -3.76. The van der Waals surface area contributed by atoms with Crippen molar-refractivity contribution in [1.29, 1.82) is 0 Å². The lowest BCUT2D eigenvalue weighted by Crippen LogP contribution is -2.55. The normalized spacial score (nSPS) is 16.7. The fraction of sp³-hybridized carbons (Fsp3) is 0.500. The number of hydrogen-bond donors (Lipinski definition) is 1. The summed E-state index contributed by atoms with van der Waals surface area (Å²) in [6.07, 6.45) is 0.472. The molecule has 1 aliphatic heterocycles. The van der Waals surface area contributed by atoms with Gasteiger partial charge in [0.1, 0.15) is 6.04 Å². The third kappa shape index (κ3) is 6.14. The van der Waals surface area contributed by atoms with Crippen LogP contribution in [0.25, 0.3) is 0 Å². The van der Waals surface area contributed by atoms with Gasteiger partial charge < -0.3 is 4.90 Å². The molecule has 8 heteroatoms. The van der Waals surface area contributed by atoms with E-state index in [0.717, 1.165) is 25.2 Å². The summed E-state index contributed by atoms with van der Waals surface area (Å²) in [5.41, 5.74) is 0.990. The Balaban J connectivity index is 1.64. The number of piperazine rings is 1. The fourth-order valence-corrected chi connectivity index (χ4v) is 5.56. The fourth-order valence-electron chi connectivity index (χ4n) is 3.61. The van der Waals surface area contributed by atoms with Gasteiger partial charge in [-0.2, -0.15) is 4.72 Å². The van der Waals surface area contributed by atoms with E-state index in [1.54, 1.807) is 40.5 Å². The zero-order chi connectivity index (χ0) is 21.7. The molecule has 1 aliphatic rings. The van der Waals surface area contributed by atoms with E-state index in [0.29, 0.717) is 19.5 Å². The molecular formula is C22H31N3O3S2. The summed E-state index contributed by atoms with van der Waals surface area (Å²) in [5.74, 6) is 0.0648. The first kappa shape index (κ1) is 22.9. The summed E-state index contributed by atoms with van der Waals surface area (Å²) >= 11 is 1.74. The summed E-state index contributed by atoms with van der Waals surface area (Å²) < 4.78 is 28.4. The van der Waals surface area contributed by atoms with Crippen LogP contribution in [0.4, 0.5) is 0 Å². The maximum absolute atomic E-state index is 13.2. The van der Waals surface area contributed by atoms with Gasteiger partial charge in [0.15, 0.2) is 0 Å². The van der Waals surface area contributed by atoms with Crippen molar-refractivity contribution in [2.24, 2.45) is 5.92 Å². The third-order valence-corrected chi connectivity index (χ3v) is 7.63. The lowest BCUT2D eigenvalue weighted by atomic mass is 10.0. The lowest BCUT2D eigenvalue weighted by molar-refractivity contribution is -0.135. The second kappa shape index (κ2) is 10.0. The SMILES string of the molecule is Cc1ccc(S(=O)(=O)NC(CC(C)C)C(=O)N2CCN(Cc3cccs3)CC2)cc1. The van der Waals surface area contributed by atoms with Gasteiger partial charge in [0.2, 0.25) is 15.9 Å². The van der Waals surface area contributed by atoms with Crippen LogP contribution in [0, 0.1) is 12.8 Å². The minimum Gasteiger partial charge on any atom is -0.339 e. The molecule has 1 atom stereocenters. The van der Waals surface area contributed by atoms with Crippen LogP contribution in [0.15, 0.2) is 46.7 Å². The van der Waals surface area contributed by atoms with E-state index in [1.165, 1.54) is 4.88 Å². The van der Waals surface area contributed by atoms with Gasteiger partial charge in [-0.05, 0) is 42.8 Å². The van der Waals surface area contributed by atoms with Gasteiger partial charge in [-0.15, -0.1) is 11.3 Å². The molecule has 1 unspecified atom stereocenters. The molecule has 164 valence electrons. The molecule has 1 aromatic carbocycles. The predicted molar refractivity (Wildman–Crippen MR) is 121 cm³/mol. The molecule has 1 saturated heterocycles. The van der Waals surface area contributed by atoms with Crippen molar-refractivity contribution >= 4 is 27.3 Å². The molecule has 1 amide bonds. The van der Waals surface area contributed by atoms with E-state index < -0.39 is 16.1 Å². The zero-order valence-electron chi connectivity index (χ0n) is 17.9. The average molecular weight is 450 g/mol. The number of amides is 1. The van der Waals surface area contributed by atoms with Crippen molar-refractivity contribution in [2.75, 3.05) is 26.2 Å². The van der Waals surface area contributed by atoms with E-state index in [1.807, 2.05) is 20.8 Å². The highest BCUT2D eigenvalue weighted by molar-refractivity contribution is 7.89. The molecule has 0 radical (unpaired) electrons. The Morgan fingerprint density at radius 2 is 1.77 bits per heavy atom. The van der Waals surface area contributed by atoms with Crippen LogP contribution < -0.4 is 4.72 Å². The molecule has 2 heterocycles. The minimum absolute atomic E-state index is 0.129. The predicted octanol–water partition coefficient (Wildman–Crippen LogP) is 3.09. The van der Waals surface area contributed by atoms with Crippen molar-refractivity contribution < 1.29 is 13.2 Å². The molecule has 1 fully saturated rings. The molecule has 1 aromatic heterocycles. The van der Waals surface area contributed by atoms with Crippen LogP contribution in [0.5, 0.6) is 0 Å². The first-order valence-electron chi connectivity index (χ1n) is 10.4. The van der Waals surface area contributed by atoms with Crippen LogP contribution in [0.1, 0.15) is 30.7 Å². The minimum atomic E-state index is -3.76. The van der Waals surface area contributed by atoms with Gasteiger partial charge >= 0.3 is 0 Å². The molecule has 6 nitrogen and oxygen atoms in total. The quantitative estimate of drug-likeness (QED) is 0.672. The van der Waals surface area contributed by atoms with Gasteiger partial charge in [0.25, 0.3) is 0 Å². The summed E-state index contributed by atoms with van der Waals surface area (Å²) in [4.78, 5) is 18.8. The van der Waals surface area contributed by atoms with E-state index in [9.17, 15) is 13.2 Å². The average Bonchev–Trinajstić information content (AvgIpc) is 3.20. The standard InChI is InChI=1S/C22H31N3O3S2/c1-17(2)15-21(23-30(27,28)20-8-6-18(3)7-9-20)22(26)25-12-10-24(11-13-25)16-19-5-4-14-29-19/h4-9,14,17,21,23H,10-13,15-16H2,1-3H3. The molecule has 1 N–H and O–H groups in total. The maximum atomic E-state index is 13.2. The summed E-state index contributed by atoms with van der Waals surface area (Å²) in [6.45, 7) is 9.63. The smallest absolute Gasteiger partial charge is 0.241 e. The molecule has 0 saturated carbocycles. The summed E-state index contributed by atoms with van der Waals surface area (Å²) in [6, 6.07) is 10.1. The topological polar surface area (TPSA) is 69.7 Å². The number of carbonyl (C=O) groups excluding carboxylic acids is 1. The second-order valence-corrected chi connectivity index (χ2v) is 11.0. The third-order valence-electron chi connectivity index (χ3n) is 5.28. The number of benzene rings is 1. The highest BCUT2D eigenvalue weighted by atomic mass is 32.2. The second-order valence-electron chi connectivity index (χ2n) is 8.30. The Kier molecular flexibility index (Phi) is 7.68. The number of nitrogens with zero attached hydrogens (tertiary/aromatic N) is 2. The zero-order valence-corrected chi connectivity index (χ0v) is 19.5. The highest BCUT2D eigenvalue weighted by Gasteiger charge is 2.31. The van der Waals surface area contributed by atoms with Crippen molar-refractivity contribution in [1.82, 2.24) is 14.5 Å². The van der Waals surface area contributed by atoms with E-state index in [4.69, 9.17) is 0 Å². The Morgan fingerprint density at radius 1 is 1.10 bits per heavy atom. The van der Waals surface area contributed by atoms with Gasteiger partial charge in [-0.3, -0.25) is 9.69 Å². The van der Waals surface area contributed by atoms with E-state index in [2.05, 4.69) is 27.1 Å². The van der Waals surface area contributed by atoms with Crippen LogP contribution in [-0.2, 0) is 21.4 Å². The molecule has 30 heavy (non-hydrogen) atoms. The lowest BCUT2D eigenvalue weighted by Gasteiger charge is -2.36. The van der Waals surface area contributed by atoms with E-state index in [-0.39, 0.29) is 16.7 Å².